The van der Waals surface area contributed by atoms with Crippen molar-refractivity contribution in [3.05, 3.63) is 89.7 Å². The average Bonchev–Trinajstić information content (AvgIpc) is 2.80. The third-order valence-corrected chi connectivity index (χ3v) is 4.27. The summed E-state index contributed by atoms with van der Waals surface area (Å²) in [6.45, 7) is -0.414. The molecule has 2 amide bonds. The van der Waals surface area contributed by atoms with E-state index in [9.17, 15) is 18.0 Å². The van der Waals surface area contributed by atoms with Gasteiger partial charge in [-0.3, -0.25) is 4.98 Å². The summed E-state index contributed by atoms with van der Waals surface area (Å²) in [5.41, 5.74) is 2.46. The molecule has 0 fully saturated rings. The van der Waals surface area contributed by atoms with Crippen LogP contribution in [0.15, 0.2) is 72.9 Å². The Balaban J connectivity index is 1.36. The number of aromatic nitrogens is 1. The van der Waals surface area contributed by atoms with Crippen LogP contribution in [0.4, 0.5) is 18.0 Å². The molecule has 1 aromatic heterocycles. The van der Waals surface area contributed by atoms with Gasteiger partial charge < -0.3 is 20.1 Å². The normalized spacial score (nSPS) is 11.0. The van der Waals surface area contributed by atoms with Crippen molar-refractivity contribution in [3.8, 4) is 11.5 Å². The lowest BCUT2D eigenvalue weighted by Crippen LogP contribution is -2.34. The van der Waals surface area contributed by atoms with Crippen molar-refractivity contribution in [2.24, 2.45) is 0 Å². The van der Waals surface area contributed by atoms with Gasteiger partial charge in [-0.25, -0.2) is 4.79 Å². The minimum Gasteiger partial charge on any atom is -0.487 e. The van der Waals surface area contributed by atoms with Crippen LogP contribution in [0.1, 0.15) is 16.8 Å². The van der Waals surface area contributed by atoms with Crippen LogP contribution >= 0.6 is 0 Å². The predicted octanol–water partition coefficient (Wildman–Crippen LogP) is 4.60. The van der Waals surface area contributed by atoms with E-state index in [0.717, 1.165) is 16.8 Å². The maximum atomic E-state index is 12.2. The highest BCUT2D eigenvalue weighted by molar-refractivity contribution is 5.73. The number of hydrogen-bond acceptors (Lipinski definition) is 4. The summed E-state index contributed by atoms with van der Waals surface area (Å²) in [4.78, 5) is 16.2. The molecule has 2 N–H and O–H groups in total. The van der Waals surface area contributed by atoms with Gasteiger partial charge >= 0.3 is 12.2 Å². The standard InChI is InChI=1S/C23H22F3N3O3/c24-23(25,26)16-32-21-10-6-18(7-11-21)14-29-22(30)28-13-17-4-8-20(9-5-17)31-15-19-3-1-2-12-27-19/h1-12H,13-16H2,(H2,28,29,30). The molecular weight excluding hydrogens is 423 g/mol. The topological polar surface area (TPSA) is 72.5 Å². The lowest BCUT2D eigenvalue weighted by Gasteiger charge is -2.11. The molecule has 0 spiro atoms. The second-order valence-corrected chi connectivity index (χ2v) is 6.84. The summed E-state index contributed by atoms with van der Waals surface area (Å²) in [6.07, 6.45) is -2.67. The number of carbonyl (C=O) groups excluding carboxylic acids is 1. The van der Waals surface area contributed by atoms with Gasteiger partial charge in [0.15, 0.2) is 6.61 Å². The van der Waals surface area contributed by atoms with Gasteiger partial charge in [0.05, 0.1) is 5.69 Å². The second kappa shape index (κ2) is 11.0. The van der Waals surface area contributed by atoms with Crippen molar-refractivity contribution in [2.75, 3.05) is 6.61 Å². The number of pyridine rings is 1. The largest absolute Gasteiger partial charge is 0.487 e. The zero-order valence-electron chi connectivity index (χ0n) is 17.1. The van der Waals surface area contributed by atoms with E-state index in [2.05, 4.69) is 20.4 Å². The molecular formula is C23H22F3N3O3. The summed E-state index contributed by atoms with van der Waals surface area (Å²) >= 11 is 0. The molecule has 0 aliphatic heterocycles. The van der Waals surface area contributed by atoms with E-state index in [1.54, 1.807) is 18.3 Å². The SMILES string of the molecule is O=C(NCc1ccc(OCc2ccccn2)cc1)NCc1ccc(OCC(F)(F)F)cc1. The van der Waals surface area contributed by atoms with Gasteiger partial charge in [-0.05, 0) is 47.5 Å². The van der Waals surface area contributed by atoms with Crippen LogP contribution in [-0.4, -0.2) is 23.8 Å². The highest BCUT2D eigenvalue weighted by Crippen LogP contribution is 2.19. The molecule has 0 saturated heterocycles. The Kier molecular flexibility index (Phi) is 7.91. The summed E-state index contributed by atoms with van der Waals surface area (Å²) in [7, 11) is 0. The molecule has 32 heavy (non-hydrogen) atoms. The van der Waals surface area contributed by atoms with Crippen LogP contribution in [-0.2, 0) is 19.7 Å². The number of carbonyl (C=O) groups is 1. The first-order chi connectivity index (χ1) is 15.4. The van der Waals surface area contributed by atoms with Crippen molar-refractivity contribution in [3.63, 3.8) is 0 Å². The van der Waals surface area contributed by atoms with E-state index in [4.69, 9.17) is 4.74 Å². The minimum atomic E-state index is -4.38. The van der Waals surface area contributed by atoms with Gasteiger partial charge in [-0.1, -0.05) is 30.3 Å². The zero-order chi connectivity index (χ0) is 22.8. The van der Waals surface area contributed by atoms with Crippen LogP contribution in [0.3, 0.4) is 0 Å². The van der Waals surface area contributed by atoms with E-state index < -0.39 is 12.8 Å². The van der Waals surface area contributed by atoms with E-state index in [0.29, 0.717) is 18.9 Å². The van der Waals surface area contributed by atoms with Crippen LogP contribution in [0.25, 0.3) is 0 Å². The predicted molar refractivity (Wildman–Crippen MR) is 112 cm³/mol. The first kappa shape index (κ1) is 22.9. The van der Waals surface area contributed by atoms with Crippen molar-refractivity contribution in [1.82, 2.24) is 15.6 Å². The molecule has 3 rings (SSSR count). The third kappa shape index (κ3) is 8.17. The summed E-state index contributed by atoms with van der Waals surface area (Å²) in [5, 5.41) is 5.44. The highest BCUT2D eigenvalue weighted by atomic mass is 19.4. The van der Waals surface area contributed by atoms with Crippen LogP contribution in [0, 0.1) is 0 Å². The fourth-order valence-electron chi connectivity index (χ4n) is 2.64. The molecule has 0 aliphatic carbocycles. The fourth-order valence-corrected chi connectivity index (χ4v) is 2.64. The lowest BCUT2D eigenvalue weighted by atomic mass is 10.2. The van der Waals surface area contributed by atoms with E-state index in [1.165, 1.54) is 12.1 Å². The minimum absolute atomic E-state index is 0.114. The number of ether oxygens (including phenoxy) is 2. The number of rotatable bonds is 9. The lowest BCUT2D eigenvalue weighted by molar-refractivity contribution is -0.153. The van der Waals surface area contributed by atoms with Gasteiger partial charge in [0.25, 0.3) is 0 Å². The van der Waals surface area contributed by atoms with Crippen LogP contribution in [0.2, 0.25) is 0 Å². The highest BCUT2D eigenvalue weighted by Gasteiger charge is 2.28. The Morgan fingerprint density at radius 2 is 1.38 bits per heavy atom. The van der Waals surface area contributed by atoms with E-state index in [1.807, 2.05) is 42.5 Å². The third-order valence-electron chi connectivity index (χ3n) is 4.27. The Hall–Kier alpha value is -3.75. The summed E-state index contributed by atoms with van der Waals surface area (Å²) < 4.78 is 46.8. The maximum absolute atomic E-state index is 12.2. The maximum Gasteiger partial charge on any atom is 0.422 e. The second-order valence-electron chi connectivity index (χ2n) is 6.84. The Bertz CT molecular complexity index is 979. The summed E-state index contributed by atoms with van der Waals surface area (Å²) in [5.74, 6) is 0.814. The van der Waals surface area contributed by atoms with Gasteiger partial charge in [0.2, 0.25) is 0 Å². The Labute approximate surface area is 183 Å². The van der Waals surface area contributed by atoms with Crippen molar-refractivity contribution >= 4 is 6.03 Å². The Morgan fingerprint density at radius 1 is 0.812 bits per heavy atom. The van der Waals surface area contributed by atoms with Crippen molar-refractivity contribution in [2.45, 2.75) is 25.9 Å². The molecule has 0 aliphatic rings. The number of urea groups is 1. The number of halogens is 3. The zero-order valence-corrected chi connectivity index (χ0v) is 17.1. The van der Waals surface area contributed by atoms with Gasteiger partial charge in [-0.2, -0.15) is 13.2 Å². The first-order valence-corrected chi connectivity index (χ1v) is 9.79. The van der Waals surface area contributed by atoms with Gasteiger partial charge in [0, 0.05) is 19.3 Å². The smallest absolute Gasteiger partial charge is 0.422 e. The number of benzene rings is 2. The molecule has 9 heteroatoms. The molecule has 6 nitrogen and oxygen atoms in total. The quantitative estimate of drug-likeness (QED) is 0.505. The number of nitrogens with one attached hydrogen (secondary N) is 2. The number of nitrogens with zero attached hydrogens (tertiary/aromatic N) is 1. The average molecular weight is 445 g/mol. The van der Waals surface area contributed by atoms with Crippen LogP contribution < -0.4 is 20.1 Å². The fraction of sp³-hybridized carbons (Fsp3) is 0.217. The van der Waals surface area contributed by atoms with Crippen molar-refractivity contribution < 1.29 is 27.4 Å². The molecule has 168 valence electrons. The molecule has 0 radical (unpaired) electrons. The van der Waals surface area contributed by atoms with Gasteiger partial charge in [-0.15, -0.1) is 0 Å². The summed E-state index contributed by atoms with van der Waals surface area (Å²) in [6, 6.07) is 18.6. The molecule has 3 aromatic rings. The molecule has 0 unspecified atom stereocenters. The molecule has 1 heterocycles. The number of amides is 2. The van der Waals surface area contributed by atoms with E-state index >= 15 is 0 Å². The molecule has 2 aromatic carbocycles. The van der Waals surface area contributed by atoms with Crippen LogP contribution in [0.5, 0.6) is 11.5 Å². The molecule has 0 bridgehead atoms. The number of alkyl halides is 3. The Morgan fingerprint density at radius 3 is 1.88 bits per heavy atom. The number of hydrogen-bond donors (Lipinski definition) is 2. The van der Waals surface area contributed by atoms with E-state index in [-0.39, 0.29) is 18.3 Å². The van der Waals surface area contributed by atoms with Gasteiger partial charge in [0.1, 0.15) is 18.1 Å². The molecule has 0 saturated carbocycles. The monoisotopic (exact) mass is 445 g/mol. The molecule has 0 atom stereocenters. The first-order valence-electron chi connectivity index (χ1n) is 9.79. The van der Waals surface area contributed by atoms with Crippen molar-refractivity contribution in [1.29, 1.82) is 0 Å².